The second kappa shape index (κ2) is 7.39. The molecule has 2 N–H and O–H groups in total. The third kappa shape index (κ3) is 3.93. The Balaban J connectivity index is 2.19. The molecule has 0 unspecified atom stereocenters. The molecule has 0 atom stereocenters. The van der Waals surface area contributed by atoms with Gasteiger partial charge in [0.25, 0.3) is 0 Å². The highest BCUT2D eigenvalue weighted by Gasteiger charge is 2.05. The molecule has 0 aliphatic rings. The van der Waals surface area contributed by atoms with Crippen LogP contribution >= 0.6 is 0 Å². The molecule has 0 fully saturated rings. The van der Waals surface area contributed by atoms with Crippen LogP contribution in [0, 0.1) is 0 Å². The third-order valence-electron chi connectivity index (χ3n) is 2.99. The minimum atomic E-state index is 0.472. The van der Waals surface area contributed by atoms with Crippen LogP contribution < -0.4 is 5.73 Å². The van der Waals surface area contributed by atoms with Gasteiger partial charge in [0.05, 0.1) is 6.54 Å². The maximum absolute atomic E-state index is 5.55. The van der Waals surface area contributed by atoms with E-state index in [-0.39, 0.29) is 0 Å². The first-order valence-corrected chi connectivity index (χ1v) is 6.36. The van der Waals surface area contributed by atoms with E-state index in [0.717, 1.165) is 18.1 Å². The molecule has 4 heteroatoms. The van der Waals surface area contributed by atoms with E-state index in [2.05, 4.69) is 17.1 Å². The SMILES string of the molecule is CCCCCCCCc1nnc(CN)n1C. The quantitative estimate of drug-likeness (QED) is 0.688. The van der Waals surface area contributed by atoms with Gasteiger partial charge in [-0.2, -0.15) is 0 Å². The number of hydrogen-bond donors (Lipinski definition) is 1. The van der Waals surface area contributed by atoms with Gasteiger partial charge in [-0.1, -0.05) is 39.0 Å². The first-order chi connectivity index (χ1) is 7.79. The zero-order valence-corrected chi connectivity index (χ0v) is 10.6. The minimum absolute atomic E-state index is 0.472. The van der Waals surface area contributed by atoms with Gasteiger partial charge in [-0.05, 0) is 6.42 Å². The molecule has 0 saturated heterocycles. The van der Waals surface area contributed by atoms with Crippen LogP contribution in [0.25, 0.3) is 0 Å². The van der Waals surface area contributed by atoms with E-state index in [1.54, 1.807) is 0 Å². The van der Waals surface area contributed by atoms with Crippen LogP contribution in [-0.4, -0.2) is 14.8 Å². The van der Waals surface area contributed by atoms with Gasteiger partial charge in [0, 0.05) is 13.5 Å². The van der Waals surface area contributed by atoms with Crippen molar-refractivity contribution in [2.45, 2.75) is 58.4 Å². The maximum atomic E-state index is 5.55. The zero-order chi connectivity index (χ0) is 11.8. The van der Waals surface area contributed by atoms with Gasteiger partial charge in [0.15, 0.2) is 0 Å². The van der Waals surface area contributed by atoms with Crippen molar-refractivity contribution in [1.29, 1.82) is 0 Å². The van der Waals surface area contributed by atoms with Crippen LogP contribution in [0.1, 0.15) is 57.1 Å². The van der Waals surface area contributed by atoms with Crippen molar-refractivity contribution in [3.63, 3.8) is 0 Å². The minimum Gasteiger partial charge on any atom is -0.324 e. The number of hydrogen-bond acceptors (Lipinski definition) is 3. The summed E-state index contributed by atoms with van der Waals surface area (Å²) in [7, 11) is 1.99. The molecule has 0 bridgehead atoms. The van der Waals surface area contributed by atoms with E-state index < -0.39 is 0 Å². The number of unbranched alkanes of at least 4 members (excludes halogenated alkanes) is 5. The predicted octanol–water partition coefficient (Wildman–Crippen LogP) is 2.18. The van der Waals surface area contributed by atoms with Crippen LogP contribution in [0.5, 0.6) is 0 Å². The zero-order valence-electron chi connectivity index (χ0n) is 10.6. The fourth-order valence-electron chi connectivity index (χ4n) is 1.86. The van der Waals surface area contributed by atoms with Gasteiger partial charge in [0.1, 0.15) is 11.6 Å². The molecule has 16 heavy (non-hydrogen) atoms. The van der Waals surface area contributed by atoms with Gasteiger partial charge >= 0.3 is 0 Å². The molecule has 1 rings (SSSR count). The summed E-state index contributed by atoms with van der Waals surface area (Å²) in [6.45, 7) is 2.72. The van der Waals surface area contributed by atoms with E-state index in [1.807, 2.05) is 11.6 Å². The van der Waals surface area contributed by atoms with E-state index in [0.29, 0.717) is 6.54 Å². The molecular formula is C12H24N4. The van der Waals surface area contributed by atoms with Gasteiger partial charge in [0.2, 0.25) is 0 Å². The Morgan fingerprint density at radius 2 is 1.62 bits per heavy atom. The summed E-state index contributed by atoms with van der Waals surface area (Å²) in [6, 6.07) is 0. The fourth-order valence-corrected chi connectivity index (χ4v) is 1.86. The molecule has 0 amide bonds. The number of nitrogens with two attached hydrogens (primary N) is 1. The van der Waals surface area contributed by atoms with Crippen molar-refractivity contribution >= 4 is 0 Å². The number of nitrogens with zero attached hydrogens (tertiary/aromatic N) is 3. The number of aryl methyl sites for hydroxylation is 1. The van der Waals surface area contributed by atoms with Gasteiger partial charge < -0.3 is 10.3 Å². The van der Waals surface area contributed by atoms with E-state index in [4.69, 9.17) is 5.73 Å². The molecule has 4 nitrogen and oxygen atoms in total. The molecule has 0 spiro atoms. The van der Waals surface area contributed by atoms with Crippen molar-refractivity contribution < 1.29 is 0 Å². The number of rotatable bonds is 8. The highest BCUT2D eigenvalue weighted by Crippen LogP contribution is 2.08. The highest BCUT2D eigenvalue weighted by molar-refractivity contribution is 4.94. The molecule has 1 aromatic rings. The summed E-state index contributed by atoms with van der Waals surface area (Å²) in [6.07, 6.45) is 8.91. The predicted molar refractivity (Wildman–Crippen MR) is 66.0 cm³/mol. The topological polar surface area (TPSA) is 56.7 Å². The molecule has 1 aromatic heterocycles. The summed E-state index contributed by atoms with van der Waals surface area (Å²) < 4.78 is 2.02. The summed E-state index contributed by atoms with van der Waals surface area (Å²) in [4.78, 5) is 0. The van der Waals surface area contributed by atoms with Gasteiger partial charge in [-0.15, -0.1) is 10.2 Å². The smallest absolute Gasteiger partial charge is 0.146 e. The Labute approximate surface area is 98.2 Å². The lowest BCUT2D eigenvalue weighted by molar-refractivity contribution is 0.593. The van der Waals surface area contributed by atoms with E-state index in [1.165, 1.54) is 38.5 Å². The molecule has 0 radical (unpaired) electrons. The molecular weight excluding hydrogens is 200 g/mol. The Kier molecular flexibility index (Phi) is 6.08. The lowest BCUT2D eigenvalue weighted by Crippen LogP contribution is -2.07. The lowest BCUT2D eigenvalue weighted by atomic mass is 10.1. The first kappa shape index (κ1) is 13.2. The Bertz CT molecular complexity index is 293. The second-order valence-electron chi connectivity index (χ2n) is 4.31. The lowest BCUT2D eigenvalue weighted by Gasteiger charge is -2.02. The second-order valence-corrected chi connectivity index (χ2v) is 4.31. The first-order valence-electron chi connectivity index (χ1n) is 6.36. The van der Waals surface area contributed by atoms with Crippen LogP contribution in [0.15, 0.2) is 0 Å². The van der Waals surface area contributed by atoms with E-state index in [9.17, 15) is 0 Å². The molecule has 0 aromatic carbocycles. The largest absolute Gasteiger partial charge is 0.324 e. The van der Waals surface area contributed by atoms with Crippen LogP contribution in [-0.2, 0) is 20.0 Å². The summed E-state index contributed by atoms with van der Waals surface area (Å²) >= 11 is 0. The van der Waals surface area contributed by atoms with Crippen LogP contribution in [0.4, 0.5) is 0 Å². The monoisotopic (exact) mass is 224 g/mol. The van der Waals surface area contributed by atoms with E-state index >= 15 is 0 Å². The molecule has 0 aliphatic carbocycles. The van der Waals surface area contributed by atoms with Crippen molar-refractivity contribution in [2.75, 3.05) is 0 Å². The van der Waals surface area contributed by atoms with Crippen LogP contribution in [0.2, 0.25) is 0 Å². The average Bonchev–Trinajstić information content (AvgIpc) is 2.65. The molecule has 0 saturated carbocycles. The number of aromatic nitrogens is 3. The van der Waals surface area contributed by atoms with Crippen molar-refractivity contribution in [3.05, 3.63) is 11.6 Å². The summed E-state index contributed by atoms with van der Waals surface area (Å²) in [5.41, 5.74) is 5.55. The normalized spacial score (nSPS) is 10.9. The Hall–Kier alpha value is -0.900. The standard InChI is InChI=1S/C12H24N4/c1-3-4-5-6-7-8-9-11-14-15-12(10-13)16(11)2/h3-10,13H2,1-2H3. The van der Waals surface area contributed by atoms with Crippen molar-refractivity contribution in [3.8, 4) is 0 Å². The maximum Gasteiger partial charge on any atom is 0.146 e. The van der Waals surface area contributed by atoms with Crippen molar-refractivity contribution in [2.24, 2.45) is 12.8 Å². The molecule has 0 aliphatic heterocycles. The summed E-state index contributed by atoms with van der Waals surface area (Å²) in [5, 5.41) is 8.20. The summed E-state index contributed by atoms with van der Waals surface area (Å²) in [5.74, 6) is 1.94. The van der Waals surface area contributed by atoms with Gasteiger partial charge in [-0.3, -0.25) is 0 Å². The fraction of sp³-hybridized carbons (Fsp3) is 0.833. The highest BCUT2D eigenvalue weighted by atomic mass is 15.3. The molecule has 1 heterocycles. The average molecular weight is 224 g/mol. The molecule has 92 valence electrons. The van der Waals surface area contributed by atoms with Crippen LogP contribution in [0.3, 0.4) is 0 Å². The third-order valence-corrected chi connectivity index (χ3v) is 2.99. The Morgan fingerprint density at radius 3 is 2.25 bits per heavy atom. The van der Waals surface area contributed by atoms with Crippen molar-refractivity contribution in [1.82, 2.24) is 14.8 Å². The van der Waals surface area contributed by atoms with Gasteiger partial charge in [-0.25, -0.2) is 0 Å². The Morgan fingerprint density at radius 1 is 1.00 bits per heavy atom.